The largest absolute Gasteiger partial charge is 0.515 e. The normalized spacial score (nSPS) is 10.9. The summed E-state index contributed by atoms with van der Waals surface area (Å²) in [6, 6.07) is 15.1. The van der Waals surface area contributed by atoms with Gasteiger partial charge in [-0.05, 0) is 13.0 Å². The van der Waals surface area contributed by atoms with Crippen molar-refractivity contribution in [1.82, 2.24) is 0 Å². The lowest BCUT2D eigenvalue weighted by Crippen LogP contribution is -2.14. The molecule has 140 valence electrons. The molecule has 0 saturated heterocycles. The summed E-state index contributed by atoms with van der Waals surface area (Å²) in [5.41, 5.74) is 1.02. The number of benzene rings is 2. The number of hydrogen-bond acceptors (Lipinski definition) is 6. The number of carbonyl (C=O) groups excluding carboxylic acids is 3. The van der Waals surface area contributed by atoms with E-state index in [-0.39, 0.29) is 35.7 Å². The zero-order chi connectivity index (χ0) is 19.6. The Hall–Kier alpha value is -3.41. The Morgan fingerprint density at radius 1 is 0.889 bits per heavy atom. The van der Waals surface area contributed by atoms with Crippen LogP contribution in [0.25, 0.3) is 0 Å². The molecule has 0 aliphatic carbocycles. The first kappa shape index (κ1) is 19.9. The van der Waals surface area contributed by atoms with E-state index in [1.807, 2.05) is 6.07 Å². The van der Waals surface area contributed by atoms with Crippen LogP contribution in [0.1, 0.15) is 39.6 Å². The van der Waals surface area contributed by atoms with Gasteiger partial charge in [0.15, 0.2) is 5.78 Å². The van der Waals surface area contributed by atoms with E-state index in [9.17, 15) is 14.4 Å². The zero-order valence-electron chi connectivity index (χ0n) is 14.9. The van der Waals surface area contributed by atoms with Crippen molar-refractivity contribution in [3.8, 4) is 0 Å². The molecule has 0 unspecified atom stereocenters. The van der Waals surface area contributed by atoms with E-state index in [4.69, 9.17) is 14.6 Å². The van der Waals surface area contributed by atoms with Crippen LogP contribution in [0.15, 0.2) is 66.4 Å². The van der Waals surface area contributed by atoms with Crippen LogP contribution in [-0.4, -0.2) is 36.0 Å². The molecule has 0 atom stereocenters. The maximum atomic E-state index is 12.6. The van der Waals surface area contributed by atoms with E-state index in [1.54, 1.807) is 42.5 Å². The fourth-order valence-electron chi connectivity index (χ4n) is 2.24. The van der Waals surface area contributed by atoms with Crippen LogP contribution < -0.4 is 0 Å². The molecular weight excluding hydrogens is 348 g/mol. The molecule has 0 fully saturated rings. The van der Waals surface area contributed by atoms with E-state index in [1.165, 1.54) is 13.0 Å². The predicted octanol–water partition coefficient (Wildman–Crippen LogP) is 3.47. The van der Waals surface area contributed by atoms with E-state index in [2.05, 4.69) is 0 Å². The van der Waals surface area contributed by atoms with Crippen LogP contribution >= 0.6 is 0 Å². The quantitative estimate of drug-likeness (QED) is 0.252. The van der Waals surface area contributed by atoms with Gasteiger partial charge in [0, 0.05) is 17.5 Å². The van der Waals surface area contributed by atoms with Crippen LogP contribution in [0.4, 0.5) is 0 Å². The van der Waals surface area contributed by atoms with Crippen molar-refractivity contribution >= 4 is 17.7 Å². The first-order valence-corrected chi connectivity index (χ1v) is 8.38. The van der Waals surface area contributed by atoms with Crippen molar-refractivity contribution in [2.75, 3.05) is 13.2 Å². The van der Waals surface area contributed by atoms with E-state index in [0.29, 0.717) is 18.2 Å². The van der Waals surface area contributed by atoms with Crippen molar-refractivity contribution in [2.45, 2.75) is 13.3 Å². The highest BCUT2D eigenvalue weighted by Gasteiger charge is 2.18. The molecule has 0 saturated carbocycles. The summed E-state index contributed by atoms with van der Waals surface area (Å²) in [5.74, 6) is -1.52. The molecule has 6 heteroatoms. The molecule has 1 N–H and O–H groups in total. The summed E-state index contributed by atoms with van der Waals surface area (Å²) in [5, 5.41) is 8.70. The number of aliphatic hydroxyl groups excluding tert-OH is 1. The molecule has 0 amide bonds. The molecule has 0 aromatic heterocycles. The fourth-order valence-corrected chi connectivity index (χ4v) is 2.24. The van der Waals surface area contributed by atoms with Gasteiger partial charge in [-0.3, -0.25) is 4.79 Å². The van der Waals surface area contributed by atoms with Gasteiger partial charge in [-0.15, -0.1) is 0 Å². The number of hydrogen-bond donors (Lipinski definition) is 1. The van der Waals surface area contributed by atoms with Crippen LogP contribution in [0.3, 0.4) is 0 Å². The predicted molar refractivity (Wildman–Crippen MR) is 98.6 cm³/mol. The Morgan fingerprint density at radius 2 is 1.48 bits per heavy atom. The molecule has 27 heavy (non-hydrogen) atoms. The highest BCUT2D eigenvalue weighted by molar-refractivity contribution is 6.14. The van der Waals surface area contributed by atoms with Crippen LogP contribution in [-0.2, 0) is 14.3 Å². The molecule has 0 bridgehead atoms. The lowest BCUT2D eigenvalue weighted by molar-refractivity contribution is -0.139. The number of ketones is 1. The number of ether oxygens (including phenoxy) is 2. The summed E-state index contributed by atoms with van der Waals surface area (Å²) in [6.07, 6.45) is 0.966. The van der Waals surface area contributed by atoms with E-state index >= 15 is 0 Å². The van der Waals surface area contributed by atoms with Crippen LogP contribution in [0.5, 0.6) is 0 Å². The van der Waals surface area contributed by atoms with Gasteiger partial charge in [0.25, 0.3) is 0 Å². The lowest BCUT2D eigenvalue weighted by atomic mass is 9.98. The van der Waals surface area contributed by atoms with Gasteiger partial charge in [-0.1, -0.05) is 48.5 Å². The lowest BCUT2D eigenvalue weighted by Gasteiger charge is -2.09. The second-order valence-electron chi connectivity index (χ2n) is 5.68. The Labute approximate surface area is 157 Å². The van der Waals surface area contributed by atoms with Crippen LogP contribution in [0.2, 0.25) is 0 Å². The van der Waals surface area contributed by atoms with E-state index in [0.717, 1.165) is 0 Å². The molecule has 2 rings (SSSR count). The monoisotopic (exact) mass is 368 g/mol. The Morgan fingerprint density at radius 3 is 2.15 bits per heavy atom. The fraction of sp³-hybridized carbons (Fsp3) is 0.190. The van der Waals surface area contributed by atoms with Gasteiger partial charge < -0.3 is 14.6 Å². The van der Waals surface area contributed by atoms with E-state index < -0.39 is 11.9 Å². The minimum Gasteiger partial charge on any atom is -0.515 e. The summed E-state index contributed by atoms with van der Waals surface area (Å²) in [4.78, 5) is 36.3. The summed E-state index contributed by atoms with van der Waals surface area (Å²) < 4.78 is 10.1. The van der Waals surface area contributed by atoms with Crippen molar-refractivity contribution < 1.29 is 29.0 Å². The Balaban J connectivity index is 1.94. The maximum Gasteiger partial charge on any atom is 0.338 e. The topological polar surface area (TPSA) is 89.9 Å². The minimum absolute atomic E-state index is 0.0296. The average molecular weight is 368 g/mol. The highest BCUT2D eigenvalue weighted by atomic mass is 16.5. The Kier molecular flexibility index (Phi) is 7.31. The number of esters is 2. The standard InChI is InChI=1S/C21H20O6/c1-15(14-22)20(24)26-12-7-13-27-21(25)18-11-6-5-10-17(18)19(23)16-8-3-2-4-9-16/h2-6,8-11,14,22H,7,12-13H2,1H3. The number of rotatable bonds is 8. The van der Waals surface area contributed by atoms with Crippen molar-refractivity contribution in [3.05, 3.63) is 83.1 Å². The molecule has 0 aliphatic rings. The molecular formula is C21H20O6. The van der Waals surface area contributed by atoms with Gasteiger partial charge >= 0.3 is 11.9 Å². The molecule has 0 aliphatic heterocycles. The molecule has 0 heterocycles. The molecule has 2 aromatic carbocycles. The summed E-state index contributed by atoms with van der Waals surface area (Å²) >= 11 is 0. The molecule has 6 nitrogen and oxygen atoms in total. The molecule has 0 spiro atoms. The van der Waals surface area contributed by atoms with Gasteiger partial charge in [0.2, 0.25) is 0 Å². The van der Waals surface area contributed by atoms with Crippen molar-refractivity contribution in [2.24, 2.45) is 0 Å². The summed E-state index contributed by atoms with van der Waals surface area (Å²) in [7, 11) is 0. The molecule has 0 radical (unpaired) electrons. The third kappa shape index (κ3) is 5.54. The average Bonchev–Trinajstić information content (AvgIpc) is 2.72. The van der Waals surface area contributed by atoms with Gasteiger partial charge in [-0.25, -0.2) is 9.59 Å². The van der Waals surface area contributed by atoms with Gasteiger partial charge in [0.05, 0.1) is 30.6 Å². The molecule has 2 aromatic rings. The number of aliphatic hydroxyl groups is 1. The highest BCUT2D eigenvalue weighted by Crippen LogP contribution is 2.16. The smallest absolute Gasteiger partial charge is 0.338 e. The Bertz CT molecular complexity index is 839. The minimum atomic E-state index is -0.636. The maximum absolute atomic E-state index is 12.6. The third-order valence-corrected chi connectivity index (χ3v) is 3.70. The van der Waals surface area contributed by atoms with Gasteiger partial charge in [-0.2, -0.15) is 0 Å². The second-order valence-corrected chi connectivity index (χ2v) is 5.68. The zero-order valence-corrected chi connectivity index (χ0v) is 14.9. The first-order chi connectivity index (χ1) is 13.0. The SMILES string of the molecule is CC(=CO)C(=O)OCCCOC(=O)c1ccccc1C(=O)c1ccccc1. The first-order valence-electron chi connectivity index (χ1n) is 8.38. The number of carbonyl (C=O) groups is 3. The van der Waals surface area contributed by atoms with Crippen molar-refractivity contribution in [1.29, 1.82) is 0 Å². The second kappa shape index (κ2) is 9.91. The van der Waals surface area contributed by atoms with Gasteiger partial charge in [0.1, 0.15) is 0 Å². The summed E-state index contributed by atoms with van der Waals surface area (Å²) in [6.45, 7) is 1.49. The van der Waals surface area contributed by atoms with Crippen LogP contribution in [0, 0.1) is 0 Å². The van der Waals surface area contributed by atoms with Crippen molar-refractivity contribution in [3.63, 3.8) is 0 Å². The third-order valence-electron chi connectivity index (χ3n) is 3.70.